The van der Waals surface area contributed by atoms with E-state index in [1.54, 1.807) is 0 Å². The first-order valence-corrected chi connectivity index (χ1v) is 6.49. The maximum absolute atomic E-state index is 5.68. The van der Waals surface area contributed by atoms with Gasteiger partial charge in [-0.2, -0.15) is 15.0 Å². The molecule has 106 valence electrons. The van der Waals surface area contributed by atoms with Crippen LogP contribution in [0, 0.1) is 6.92 Å². The Bertz CT molecular complexity index is 588. The van der Waals surface area contributed by atoms with Crippen LogP contribution in [0.5, 0.6) is 6.01 Å². The van der Waals surface area contributed by atoms with Crippen molar-refractivity contribution in [3.05, 3.63) is 35.4 Å². The fraction of sp³-hybridized carbons (Fsp3) is 0.357. The van der Waals surface area contributed by atoms with E-state index < -0.39 is 0 Å². The summed E-state index contributed by atoms with van der Waals surface area (Å²) in [4.78, 5) is 14.2. The lowest BCUT2D eigenvalue weighted by atomic mass is 10.1. The Morgan fingerprint density at radius 2 is 2.05 bits per heavy atom. The van der Waals surface area contributed by atoms with E-state index >= 15 is 0 Å². The molecule has 0 unspecified atom stereocenters. The van der Waals surface area contributed by atoms with Gasteiger partial charge in [0.1, 0.15) is 0 Å². The monoisotopic (exact) mass is 273 g/mol. The minimum Gasteiger partial charge on any atom is -0.464 e. The Balaban J connectivity index is 2.18. The van der Waals surface area contributed by atoms with Gasteiger partial charge in [0.05, 0.1) is 6.61 Å². The van der Waals surface area contributed by atoms with Crippen molar-refractivity contribution in [1.82, 2.24) is 15.0 Å². The molecule has 0 fully saturated rings. The molecular formula is C14H19N5O. The van der Waals surface area contributed by atoms with Gasteiger partial charge in [-0.05, 0) is 19.4 Å². The van der Waals surface area contributed by atoms with Gasteiger partial charge in [-0.25, -0.2) is 0 Å². The molecule has 0 bridgehead atoms. The lowest BCUT2D eigenvalue weighted by Gasteiger charge is -2.17. The normalized spacial score (nSPS) is 10.3. The van der Waals surface area contributed by atoms with E-state index in [0.29, 0.717) is 19.1 Å². The van der Waals surface area contributed by atoms with Crippen LogP contribution in [0.2, 0.25) is 0 Å². The first-order valence-electron chi connectivity index (χ1n) is 6.49. The zero-order valence-electron chi connectivity index (χ0n) is 12.0. The highest BCUT2D eigenvalue weighted by Crippen LogP contribution is 2.15. The van der Waals surface area contributed by atoms with Crippen molar-refractivity contribution in [2.24, 2.45) is 0 Å². The van der Waals surface area contributed by atoms with Crippen LogP contribution < -0.4 is 15.4 Å². The molecule has 2 N–H and O–H groups in total. The molecule has 2 aromatic rings. The van der Waals surface area contributed by atoms with Crippen LogP contribution in [-0.2, 0) is 6.54 Å². The molecule has 0 spiro atoms. The predicted molar refractivity (Wildman–Crippen MR) is 78.7 cm³/mol. The number of anilines is 2. The van der Waals surface area contributed by atoms with Crippen LogP contribution in [0.4, 0.5) is 11.9 Å². The van der Waals surface area contributed by atoms with Crippen LogP contribution in [-0.4, -0.2) is 28.6 Å². The summed E-state index contributed by atoms with van der Waals surface area (Å²) in [7, 11) is 1.91. The summed E-state index contributed by atoms with van der Waals surface area (Å²) in [5.74, 6) is 0.664. The third-order valence-corrected chi connectivity index (χ3v) is 2.74. The topological polar surface area (TPSA) is 77.2 Å². The summed E-state index contributed by atoms with van der Waals surface area (Å²) in [5.41, 5.74) is 8.08. The number of ether oxygens (including phenoxy) is 1. The predicted octanol–water partition coefficient (Wildman–Crippen LogP) is 1.80. The molecule has 1 heterocycles. The Kier molecular flexibility index (Phi) is 4.34. The minimum atomic E-state index is 0.162. The van der Waals surface area contributed by atoms with Crippen molar-refractivity contribution in [1.29, 1.82) is 0 Å². The Labute approximate surface area is 118 Å². The Morgan fingerprint density at radius 3 is 2.75 bits per heavy atom. The number of hydrogen-bond donors (Lipinski definition) is 1. The number of benzene rings is 1. The van der Waals surface area contributed by atoms with Gasteiger partial charge in [0.25, 0.3) is 0 Å². The highest BCUT2D eigenvalue weighted by atomic mass is 16.5. The van der Waals surface area contributed by atoms with Crippen LogP contribution in [0.25, 0.3) is 0 Å². The zero-order valence-corrected chi connectivity index (χ0v) is 12.0. The number of nitrogen functional groups attached to an aromatic ring is 1. The summed E-state index contributed by atoms with van der Waals surface area (Å²) in [6, 6.07) is 8.55. The average molecular weight is 273 g/mol. The highest BCUT2D eigenvalue weighted by molar-refractivity contribution is 5.36. The van der Waals surface area contributed by atoms with Gasteiger partial charge < -0.3 is 15.4 Å². The van der Waals surface area contributed by atoms with Crippen LogP contribution in [0.15, 0.2) is 24.3 Å². The van der Waals surface area contributed by atoms with E-state index in [2.05, 4.69) is 40.1 Å². The van der Waals surface area contributed by atoms with Gasteiger partial charge in [0.15, 0.2) is 0 Å². The number of aromatic nitrogens is 3. The second kappa shape index (κ2) is 6.18. The van der Waals surface area contributed by atoms with Crippen molar-refractivity contribution in [2.45, 2.75) is 20.4 Å². The van der Waals surface area contributed by atoms with E-state index in [4.69, 9.17) is 10.5 Å². The van der Waals surface area contributed by atoms with Gasteiger partial charge >= 0.3 is 6.01 Å². The number of rotatable bonds is 5. The van der Waals surface area contributed by atoms with E-state index in [-0.39, 0.29) is 12.0 Å². The second-order valence-electron chi connectivity index (χ2n) is 4.55. The third kappa shape index (κ3) is 3.57. The average Bonchev–Trinajstić information content (AvgIpc) is 2.38. The molecule has 0 amide bonds. The third-order valence-electron chi connectivity index (χ3n) is 2.74. The number of nitrogens with two attached hydrogens (primary N) is 1. The van der Waals surface area contributed by atoms with Crippen molar-refractivity contribution < 1.29 is 4.74 Å². The molecule has 6 heteroatoms. The summed E-state index contributed by atoms with van der Waals surface area (Å²) in [5, 5.41) is 0. The molecule has 1 aromatic carbocycles. The van der Waals surface area contributed by atoms with Gasteiger partial charge in [-0.1, -0.05) is 29.8 Å². The van der Waals surface area contributed by atoms with Crippen molar-refractivity contribution >= 4 is 11.9 Å². The molecule has 0 aliphatic carbocycles. The molecule has 0 atom stereocenters. The fourth-order valence-electron chi connectivity index (χ4n) is 1.88. The number of hydrogen-bond acceptors (Lipinski definition) is 6. The fourth-order valence-corrected chi connectivity index (χ4v) is 1.88. The summed E-state index contributed by atoms with van der Waals surface area (Å²) in [6.07, 6.45) is 0. The lowest BCUT2D eigenvalue weighted by molar-refractivity contribution is 0.312. The molecule has 0 aliphatic heterocycles. The van der Waals surface area contributed by atoms with E-state index in [0.717, 1.165) is 0 Å². The molecule has 0 radical (unpaired) electrons. The van der Waals surface area contributed by atoms with Gasteiger partial charge in [-0.3, -0.25) is 0 Å². The Morgan fingerprint density at radius 1 is 1.25 bits per heavy atom. The summed E-state index contributed by atoms with van der Waals surface area (Å²) < 4.78 is 5.28. The lowest BCUT2D eigenvalue weighted by Crippen LogP contribution is -2.20. The van der Waals surface area contributed by atoms with Crippen molar-refractivity contribution in [2.75, 3.05) is 24.3 Å². The zero-order chi connectivity index (χ0) is 14.5. The van der Waals surface area contributed by atoms with Gasteiger partial charge in [-0.15, -0.1) is 0 Å². The van der Waals surface area contributed by atoms with Crippen molar-refractivity contribution in [3.63, 3.8) is 0 Å². The van der Waals surface area contributed by atoms with Crippen LogP contribution in [0.1, 0.15) is 18.1 Å². The van der Waals surface area contributed by atoms with Gasteiger partial charge in [0.2, 0.25) is 11.9 Å². The molecule has 2 rings (SSSR count). The molecule has 20 heavy (non-hydrogen) atoms. The molecular weight excluding hydrogens is 254 g/mol. The number of aryl methyl sites for hydroxylation is 1. The van der Waals surface area contributed by atoms with Gasteiger partial charge in [0, 0.05) is 13.6 Å². The maximum Gasteiger partial charge on any atom is 0.323 e. The highest BCUT2D eigenvalue weighted by Gasteiger charge is 2.10. The molecule has 6 nitrogen and oxygen atoms in total. The Hall–Kier alpha value is -2.37. The SMILES string of the molecule is CCOc1nc(N)nc(N(C)Cc2cccc(C)c2)n1. The maximum atomic E-state index is 5.68. The first kappa shape index (κ1) is 14.0. The second-order valence-corrected chi connectivity index (χ2v) is 4.55. The standard InChI is InChI=1S/C14H19N5O/c1-4-20-14-17-12(15)16-13(18-14)19(3)9-11-7-5-6-10(2)8-11/h5-8H,4,9H2,1-3H3,(H2,15,16,17,18). The quantitative estimate of drug-likeness (QED) is 0.895. The molecule has 1 aromatic heterocycles. The number of nitrogens with zero attached hydrogens (tertiary/aromatic N) is 4. The summed E-state index contributed by atoms with van der Waals surface area (Å²) >= 11 is 0. The van der Waals surface area contributed by atoms with Crippen LogP contribution >= 0.6 is 0 Å². The first-order chi connectivity index (χ1) is 9.58. The molecule has 0 aliphatic rings. The molecule has 0 saturated carbocycles. The van der Waals surface area contributed by atoms with E-state index in [9.17, 15) is 0 Å². The largest absolute Gasteiger partial charge is 0.464 e. The van der Waals surface area contributed by atoms with Crippen LogP contribution in [0.3, 0.4) is 0 Å². The smallest absolute Gasteiger partial charge is 0.323 e. The van der Waals surface area contributed by atoms with Crippen molar-refractivity contribution in [3.8, 4) is 6.01 Å². The molecule has 0 saturated heterocycles. The van der Waals surface area contributed by atoms with E-state index in [1.807, 2.05) is 24.9 Å². The summed E-state index contributed by atoms with van der Waals surface area (Å²) in [6.45, 7) is 5.12. The minimum absolute atomic E-state index is 0.162. The van der Waals surface area contributed by atoms with E-state index in [1.165, 1.54) is 11.1 Å².